The fraction of sp³-hybridized carbons (Fsp3) is 0.200. The van der Waals surface area contributed by atoms with Gasteiger partial charge >= 0.3 is 0 Å². The number of hydrogen-bond acceptors (Lipinski definition) is 6. The Morgan fingerprint density at radius 1 is 1.25 bits per heavy atom. The summed E-state index contributed by atoms with van der Waals surface area (Å²) in [5.41, 5.74) is 1.77. The first-order valence-electron chi connectivity index (χ1n) is 7.15. The molecule has 3 rings (SSSR count). The van der Waals surface area contributed by atoms with Crippen molar-refractivity contribution in [1.29, 1.82) is 0 Å². The van der Waals surface area contributed by atoms with Crippen LogP contribution in [0.3, 0.4) is 0 Å². The van der Waals surface area contributed by atoms with Gasteiger partial charge in [-0.05, 0) is 48.2 Å². The number of pyridine rings is 1. The molecule has 24 heavy (non-hydrogen) atoms. The van der Waals surface area contributed by atoms with Crippen molar-refractivity contribution in [2.45, 2.75) is 11.4 Å². The van der Waals surface area contributed by atoms with Gasteiger partial charge in [0.15, 0.2) is 0 Å². The highest BCUT2D eigenvalue weighted by Gasteiger charge is 2.13. The maximum absolute atomic E-state index is 11.9. The Bertz CT molecular complexity index is 852. The second kappa shape index (κ2) is 7.28. The first-order valence-corrected chi connectivity index (χ1v) is 8.30. The first kappa shape index (κ1) is 16.2. The zero-order valence-electron chi connectivity index (χ0n) is 13.2. The molecule has 0 amide bonds. The van der Waals surface area contributed by atoms with Gasteiger partial charge < -0.3 is 4.74 Å². The number of aromatic nitrogens is 5. The van der Waals surface area contributed by atoms with Gasteiger partial charge in [-0.3, -0.25) is 4.98 Å². The Hall–Kier alpha value is -2.65. The zero-order chi connectivity index (χ0) is 16.9. The van der Waals surface area contributed by atoms with Crippen LogP contribution < -0.4 is 9.46 Å². The van der Waals surface area contributed by atoms with Gasteiger partial charge in [-0.25, -0.2) is 8.93 Å². The minimum Gasteiger partial charge on any atom is -0.495 e. The lowest BCUT2D eigenvalue weighted by molar-refractivity contribution is 0.404. The van der Waals surface area contributed by atoms with Crippen molar-refractivity contribution < 1.29 is 8.95 Å². The molecule has 1 aromatic carbocycles. The monoisotopic (exact) mass is 344 g/mol. The molecule has 1 atom stereocenters. The molecule has 0 radical (unpaired) electrons. The molecule has 2 aromatic heterocycles. The van der Waals surface area contributed by atoms with E-state index in [0.29, 0.717) is 23.0 Å². The van der Waals surface area contributed by atoms with Gasteiger partial charge in [0.05, 0.1) is 18.6 Å². The van der Waals surface area contributed by atoms with Gasteiger partial charge in [0.25, 0.3) is 0 Å². The predicted octanol–water partition coefficient (Wildman–Crippen LogP) is 1.03. The molecule has 0 bridgehead atoms. The quantitative estimate of drug-likeness (QED) is 0.718. The van der Waals surface area contributed by atoms with Crippen LogP contribution in [0.5, 0.6) is 5.75 Å². The highest BCUT2D eigenvalue weighted by Crippen LogP contribution is 2.26. The lowest BCUT2D eigenvalue weighted by atomic mass is 10.2. The number of rotatable bonds is 6. The minimum atomic E-state index is -1.33. The van der Waals surface area contributed by atoms with Gasteiger partial charge in [-0.15, -0.1) is 10.2 Å². The first-order chi connectivity index (χ1) is 11.7. The van der Waals surface area contributed by atoms with E-state index in [1.165, 1.54) is 11.9 Å². The van der Waals surface area contributed by atoms with Crippen molar-refractivity contribution in [3.63, 3.8) is 0 Å². The van der Waals surface area contributed by atoms with Crippen LogP contribution in [-0.2, 0) is 17.5 Å². The van der Waals surface area contributed by atoms with E-state index in [9.17, 15) is 4.21 Å². The molecule has 3 aromatic rings. The third kappa shape index (κ3) is 3.47. The summed E-state index contributed by atoms with van der Waals surface area (Å²) in [6.07, 6.45) is 3.44. The Morgan fingerprint density at radius 3 is 2.75 bits per heavy atom. The van der Waals surface area contributed by atoms with E-state index in [1.807, 2.05) is 12.1 Å². The molecule has 0 aliphatic carbocycles. The van der Waals surface area contributed by atoms with Crippen molar-refractivity contribution in [2.24, 2.45) is 0 Å². The molecule has 8 nitrogen and oxygen atoms in total. The van der Waals surface area contributed by atoms with E-state index in [2.05, 4.69) is 25.1 Å². The molecule has 0 aliphatic rings. The molecule has 124 valence electrons. The third-order valence-electron chi connectivity index (χ3n) is 3.33. The van der Waals surface area contributed by atoms with Crippen LogP contribution in [-0.4, -0.2) is 43.6 Å². The summed E-state index contributed by atoms with van der Waals surface area (Å²) in [5, 5.41) is 12.5. The molecule has 2 heterocycles. The van der Waals surface area contributed by atoms with Crippen LogP contribution >= 0.6 is 0 Å². The van der Waals surface area contributed by atoms with Crippen molar-refractivity contribution in [1.82, 2.24) is 29.9 Å². The summed E-state index contributed by atoms with van der Waals surface area (Å²) in [6.45, 7) is 0.508. The minimum absolute atomic E-state index is 0.476. The molecule has 0 aliphatic heterocycles. The number of methoxy groups -OCH3 is 1. The van der Waals surface area contributed by atoms with E-state index in [0.717, 1.165) is 11.1 Å². The molecule has 1 unspecified atom stereocenters. The number of ether oxygens (including phenoxy) is 1. The Morgan fingerprint density at radius 2 is 2.04 bits per heavy atom. The van der Waals surface area contributed by atoms with Crippen LogP contribution in [0.1, 0.15) is 5.56 Å². The number of benzene rings is 1. The largest absolute Gasteiger partial charge is 0.495 e. The Kier molecular flexibility index (Phi) is 4.92. The molecule has 0 saturated heterocycles. The fourth-order valence-electron chi connectivity index (χ4n) is 2.15. The maximum Gasteiger partial charge on any atom is 0.205 e. The maximum atomic E-state index is 11.9. The number of nitrogens with zero attached hydrogens (tertiary/aromatic N) is 5. The van der Waals surface area contributed by atoms with Gasteiger partial charge in [0, 0.05) is 18.0 Å². The second-order valence-corrected chi connectivity index (χ2v) is 6.22. The highest BCUT2D eigenvalue weighted by atomic mass is 32.2. The Labute approximate surface area is 141 Å². The molecule has 1 N–H and O–H groups in total. The van der Waals surface area contributed by atoms with Gasteiger partial charge in [0.2, 0.25) is 5.82 Å². The molecule has 0 saturated carbocycles. The lowest BCUT2D eigenvalue weighted by Gasteiger charge is -2.08. The van der Waals surface area contributed by atoms with Gasteiger partial charge in [-0.2, -0.15) is 4.80 Å². The number of hydrogen-bond donors (Lipinski definition) is 1. The zero-order valence-corrected chi connectivity index (χ0v) is 14.0. The number of tetrazole rings is 1. The van der Waals surface area contributed by atoms with E-state index >= 15 is 0 Å². The van der Waals surface area contributed by atoms with Crippen LogP contribution in [0.15, 0.2) is 47.6 Å². The molecule has 0 spiro atoms. The van der Waals surface area contributed by atoms with Crippen molar-refractivity contribution in [2.75, 3.05) is 14.2 Å². The standard InChI is InChI=1S/C15H16N6O2S/c1-16-24(22)14-4-3-12(9-13(14)23-2)15-18-20-21(19-15)10-11-5-7-17-8-6-11/h3-9,16H,10H2,1-2H3. The summed E-state index contributed by atoms with van der Waals surface area (Å²) in [7, 11) is 1.82. The smallest absolute Gasteiger partial charge is 0.205 e. The number of nitrogens with one attached hydrogen (secondary N) is 1. The molecule has 9 heteroatoms. The second-order valence-electron chi connectivity index (χ2n) is 4.84. The van der Waals surface area contributed by atoms with E-state index in [-0.39, 0.29) is 0 Å². The average Bonchev–Trinajstić information content (AvgIpc) is 3.09. The van der Waals surface area contributed by atoms with Crippen LogP contribution in [0.4, 0.5) is 0 Å². The summed E-state index contributed by atoms with van der Waals surface area (Å²) in [4.78, 5) is 6.05. The summed E-state index contributed by atoms with van der Waals surface area (Å²) < 4.78 is 19.9. The fourth-order valence-corrected chi connectivity index (χ4v) is 2.88. The normalized spacial score (nSPS) is 12.1. The molecular weight excluding hydrogens is 328 g/mol. The van der Waals surface area contributed by atoms with E-state index in [4.69, 9.17) is 4.74 Å². The van der Waals surface area contributed by atoms with Gasteiger partial charge in [-0.1, -0.05) is 0 Å². The van der Waals surface area contributed by atoms with Crippen molar-refractivity contribution >= 4 is 11.0 Å². The van der Waals surface area contributed by atoms with Crippen LogP contribution in [0, 0.1) is 0 Å². The van der Waals surface area contributed by atoms with Crippen molar-refractivity contribution in [3.8, 4) is 17.1 Å². The van der Waals surface area contributed by atoms with Crippen molar-refractivity contribution in [3.05, 3.63) is 48.3 Å². The summed E-state index contributed by atoms with van der Waals surface area (Å²) in [5.74, 6) is 0.981. The topological polar surface area (TPSA) is 94.8 Å². The Balaban J connectivity index is 1.86. The van der Waals surface area contributed by atoms with Gasteiger partial charge in [0.1, 0.15) is 16.7 Å². The molecular formula is C15H16N6O2S. The highest BCUT2D eigenvalue weighted by molar-refractivity contribution is 7.83. The summed E-state index contributed by atoms with van der Waals surface area (Å²) >= 11 is 0. The van der Waals surface area contributed by atoms with Crippen LogP contribution in [0.25, 0.3) is 11.4 Å². The average molecular weight is 344 g/mol. The van der Waals surface area contributed by atoms with E-state index < -0.39 is 11.0 Å². The predicted molar refractivity (Wildman–Crippen MR) is 88.6 cm³/mol. The SMILES string of the molecule is CNS(=O)c1ccc(-c2nnn(Cc3ccncc3)n2)cc1OC. The third-order valence-corrected chi connectivity index (χ3v) is 4.44. The summed E-state index contributed by atoms with van der Waals surface area (Å²) in [6, 6.07) is 9.06. The van der Waals surface area contributed by atoms with Crippen LogP contribution in [0.2, 0.25) is 0 Å². The molecule has 0 fully saturated rings. The lowest BCUT2D eigenvalue weighted by Crippen LogP contribution is -2.11. The van der Waals surface area contributed by atoms with E-state index in [1.54, 1.807) is 37.6 Å².